The molecule has 0 radical (unpaired) electrons. The molecule has 0 spiro atoms. The van der Waals surface area contributed by atoms with Crippen LogP contribution in [0.4, 0.5) is 5.69 Å². The Morgan fingerprint density at radius 3 is 2.43 bits per heavy atom. The molecule has 0 aromatic heterocycles. The molecule has 9 heteroatoms. The summed E-state index contributed by atoms with van der Waals surface area (Å²) in [5, 5.41) is 21.7. The van der Waals surface area contributed by atoms with E-state index in [2.05, 4.69) is 13.8 Å². The average molecular weight is 518 g/mol. The number of benzene rings is 1. The maximum absolute atomic E-state index is 13.2. The van der Waals surface area contributed by atoms with Crippen molar-refractivity contribution in [3.05, 3.63) is 39.4 Å². The van der Waals surface area contributed by atoms with Gasteiger partial charge in [-0.15, -0.1) is 0 Å². The maximum Gasteiger partial charge on any atom is 0.280 e. The van der Waals surface area contributed by atoms with Gasteiger partial charge in [-0.05, 0) is 56.4 Å². The second-order valence-electron chi connectivity index (χ2n) is 10.4. The number of nitrogens with zero attached hydrogens (tertiary/aromatic N) is 3. The zero-order valence-corrected chi connectivity index (χ0v) is 22.7. The molecular weight excluding hydrogens is 474 g/mol. The largest absolute Gasteiger partial charge is 0.396 e. The van der Waals surface area contributed by atoms with E-state index in [0.717, 1.165) is 44.9 Å². The molecule has 0 saturated carbocycles. The summed E-state index contributed by atoms with van der Waals surface area (Å²) in [5.41, 5.74) is -0.609. The Bertz CT molecular complexity index is 923. The highest BCUT2D eigenvalue weighted by Gasteiger charge is 2.42. The highest BCUT2D eigenvalue weighted by atomic mass is 16.6. The maximum atomic E-state index is 13.2. The predicted octanol–water partition coefficient (Wildman–Crippen LogP) is 4.71. The number of carbonyl (C=O) groups is 3. The van der Waals surface area contributed by atoms with E-state index >= 15 is 0 Å². The number of carbonyl (C=O) groups excluding carboxylic acids is 3. The lowest BCUT2D eigenvalue weighted by Gasteiger charge is -2.49. The van der Waals surface area contributed by atoms with Crippen LogP contribution in [0, 0.1) is 27.9 Å². The van der Waals surface area contributed by atoms with Crippen molar-refractivity contribution in [1.29, 1.82) is 0 Å². The smallest absolute Gasteiger partial charge is 0.280 e. The van der Waals surface area contributed by atoms with Gasteiger partial charge < -0.3 is 14.9 Å². The van der Waals surface area contributed by atoms with Gasteiger partial charge in [0.15, 0.2) is 6.29 Å². The van der Waals surface area contributed by atoms with Crippen LogP contribution in [0.1, 0.15) is 92.9 Å². The van der Waals surface area contributed by atoms with Gasteiger partial charge in [-0.2, -0.15) is 0 Å². The summed E-state index contributed by atoms with van der Waals surface area (Å²) in [6.07, 6.45) is 8.75. The van der Waals surface area contributed by atoms with Gasteiger partial charge in [0.05, 0.1) is 10.5 Å². The van der Waals surface area contributed by atoms with Crippen LogP contribution in [0.5, 0.6) is 0 Å². The van der Waals surface area contributed by atoms with Crippen LogP contribution >= 0.6 is 0 Å². The lowest BCUT2D eigenvalue weighted by Crippen LogP contribution is -2.54. The van der Waals surface area contributed by atoms with E-state index in [-0.39, 0.29) is 47.6 Å². The lowest BCUT2D eigenvalue weighted by molar-refractivity contribution is -0.385. The molecule has 5 atom stereocenters. The van der Waals surface area contributed by atoms with E-state index in [1.807, 2.05) is 11.8 Å². The van der Waals surface area contributed by atoms with Gasteiger partial charge >= 0.3 is 0 Å². The van der Waals surface area contributed by atoms with Crippen molar-refractivity contribution in [3.63, 3.8) is 0 Å². The Morgan fingerprint density at radius 1 is 1.19 bits per heavy atom. The topological polar surface area (TPSA) is 121 Å². The summed E-state index contributed by atoms with van der Waals surface area (Å²) in [5.74, 6) is 0.168. The Kier molecular flexibility index (Phi) is 12.2. The molecule has 1 saturated heterocycles. The summed E-state index contributed by atoms with van der Waals surface area (Å²) in [4.78, 5) is 51.0. The first kappa shape index (κ1) is 30.4. The number of nitro benzene ring substituents is 1. The third-order valence-corrected chi connectivity index (χ3v) is 8.18. The van der Waals surface area contributed by atoms with Gasteiger partial charge in [0, 0.05) is 38.3 Å². The Morgan fingerprint density at radius 2 is 1.86 bits per heavy atom. The molecule has 1 heterocycles. The van der Waals surface area contributed by atoms with E-state index in [0.29, 0.717) is 25.7 Å². The fourth-order valence-electron chi connectivity index (χ4n) is 5.84. The van der Waals surface area contributed by atoms with Crippen molar-refractivity contribution in [2.24, 2.45) is 17.8 Å². The van der Waals surface area contributed by atoms with Crippen molar-refractivity contribution >= 4 is 24.3 Å². The van der Waals surface area contributed by atoms with Gasteiger partial charge in [0.1, 0.15) is 5.56 Å². The minimum absolute atomic E-state index is 0.00525. The van der Waals surface area contributed by atoms with Gasteiger partial charge in [0.25, 0.3) is 11.6 Å². The zero-order valence-electron chi connectivity index (χ0n) is 22.7. The van der Waals surface area contributed by atoms with Crippen molar-refractivity contribution in [2.45, 2.75) is 84.2 Å². The number of likely N-dealkylation sites (tertiary alicyclic amines) is 1. The van der Waals surface area contributed by atoms with Crippen molar-refractivity contribution in [1.82, 2.24) is 9.80 Å². The van der Waals surface area contributed by atoms with Gasteiger partial charge in [0.2, 0.25) is 6.41 Å². The van der Waals surface area contributed by atoms with Gasteiger partial charge in [-0.1, -0.05) is 45.6 Å². The van der Waals surface area contributed by atoms with Crippen molar-refractivity contribution < 1.29 is 24.4 Å². The number of amides is 2. The minimum Gasteiger partial charge on any atom is -0.396 e. The number of aliphatic hydroxyl groups is 1. The molecule has 3 unspecified atom stereocenters. The number of unbranched alkanes of at least 4 members (excludes halogenated alkanes) is 2. The van der Waals surface area contributed by atoms with Crippen LogP contribution in [-0.4, -0.2) is 70.7 Å². The van der Waals surface area contributed by atoms with Gasteiger partial charge in [-0.3, -0.25) is 24.5 Å². The summed E-state index contributed by atoms with van der Waals surface area (Å²) >= 11 is 0. The number of hydrogen-bond donors (Lipinski definition) is 1. The third kappa shape index (κ3) is 7.37. The Hall–Kier alpha value is -2.81. The van der Waals surface area contributed by atoms with Crippen LogP contribution in [0.3, 0.4) is 0 Å². The first-order valence-electron chi connectivity index (χ1n) is 13.6. The molecule has 1 aromatic rings. The average Bonchev–Trinajstić information content (AvgIpc) is 2.91. The van der Waals surface area contributed by atoms with Gasteiger partial charge in [-0.25, -0.2) is 0 Å². The fourth-order valence-corrected chi connectivity index (χ4v) is 5.84. The molecule has 1 aliphatic heterocycles. The summed E-state index contributed by atoms with van der Waals surface area (Å²) < 4.78 is 0. The second kappa shape index (κ2) is 14.8. The van der Waals surface area contributed by atoms with E-state index < -0.39 is 16.5 Å². The molecule has 0 bridgehead atoms. The van der Waals surface area contributed by atoms with Crippen LogP contribution < -0.4 is 0 Å². The van der Waals surface area contributed by atoms with E-state index in [4.69, 9.17) is 0 Å². The van der Waals surface area contributed by atoms with E-state index in [1.165, 1.54) is 23.1 Å². The molecule has 2 rings (SSSR count). The first-order chi connectivity index (χ1) is 17.7. The Labute approximate surface area is 220 Å². The monoisotopic (exact) mass is 517 g/mol. The molecule has 1 aliphatic rings. The number of hydrogen-bond acceptors (Lipinski definition) is 6. The highest BCUT2D eigenvalue weighted by molar-refractivity contribution is 6.03. The Balaban J connectivity index is 2.21. The fraction of sp³-hybridized carbons (Fsp3) is 0.679. The van der Waals surface area contributed by atoms with Crippen LogP contribution in [0.25, 0.3) is 0 Å². The molecular formula is C28H43N3O6. The van der Waals surface area contributed by atoms with Crippen molar-refractivity contribution in [2.75, 3.05) is 20.2 Å². The standard InChI is InChI=1S/C28H43N3O6/c1-5-7-10-21-16-30(19-34)26(22(11-8-6-2)24(21)17-32)15-14-20(3)29(4)28(35)23-12-9-13-27(31(36)37)25(23)18-33/h9,12-13,18-22,24,26,32H,5-8,10-11,14-17H2,1-4H3/t20?,21?,22-,24-,26?/m0/s1. The number of piperidine rings is 1. The minimum atomic E-state index is -0.664. The summed E-state index contributed by atoms with van der Waals surface area (Å²) in [6, 6.07) is 3.80. The lowest BCUT2D eigenvalue weighted by atomic mass is 9.69. The molecule has 37 heavy (non-hydrogen) atoms. The number of nitro groups is 1. The number of aldehydes is 1. The van der Waals surface area contributed by atoms with E-state index in [9.17, 15) is 29.6 Å². The quantitative estimate of drug-likeness (QED) is 0.204. The molecule has 9 nitrogen and oxygen atoms in total. The summed E-state index contributed by atoms with van der Waals surface area (Å²) in [6.45, 7) is 6.94. The number of aliphatic hydroxyl groups excluding tert-OH is 1. The molecule has 1 aromatic carbocycles. The second-order valence-corrected chi connectivity index (χ2v) is 10.4. The van der Waals surface area contributed by atoms with E-state index in [1.54, 1.807) is 7.05 Å². The molecule has 2 amide bonds. The highest BCUT2D eigenvalue weighted by Crippen LogP contribution is 2.40. The zero-order chi connectivity index (χ0) is 27.5. The van der Waals surface area contributed by atoms with Crippen LogP contribution in [-0.2, 0) is 4.79 Å². The molecule has 1 fully saturated rings. The molecule has 1 N–H and O–H groups in total. The summed E-state index contributed by atoms with van der Waals surface area (Å²) in [7, 11) is 1.63. The normalized spacial score (nSPS) is 22.4. The van der Waals surface area contributed by atoms with Crippen molar-refractivity contribution in [3.8, 4) is 0 Å². The molecule has 0 aliphatic carbocycles. The van der Waals surface area contributed by atoms with Crippen LogP contribution in [0.2, 0.25) is 0 Å². The van der Waals surface area contributed by atoms with Crippen LogP contribution in [0.15, 0.2) is 18.2 Å². The third-order valence-electron chi connectivity index (χ3n) is 8.18. The molecule has 206 valence electrons. The number of rotatable bonds is 15. The SMILES string of the molecule is CCCCC1CN(C=O)C(CCC(C)N(C)C(=O)c2cccc([N+](=O)[O-])c2C=O)[C@@H](CCCC)[C@H]1CO. The predicted molar refractivity (Wildman–Crippen MR) is 142 cm³/mol. The first-order valence-corrected chi connectivity index (χ1v) is 13.6.